The number of esters is 1. The van der Waals surface area contributed by atoms with Crippen LogP contribution in [-0.2, 0) is 27.4 Å². The fourth-order valence-corrected chi connectivity index (χ4v) is 2.71. The Morgan fingerprint density at radius 3 is 2.59 bits per heavy atom. The van der Waals surface area contributed by atoms with E-state index in [4.69, 9.17) is 14.9 Å². The first-order chi connectivity index (χ1) is 13.9. The average molecular weight is 396 g/mol. The lowest BCUT2D eigenvalue weighted by atomic mass is 10.1. The third kappa shape index (κ3) is 5.35. The van der Waals surface area contributed by atoms with Crippen molar-refractivity contribution in [2.75, 3.05) is 19.4 Å². The van der Waals surface area contributed by atoms with Crippen molar-refractivity contribution in [3.8, 4) is 5.75 Å². The molecule has 2 aromatic carbocycles. The highest BCUT2D eigenvalue weighted by atomic mass is 16.5. The van der Waals surface area contributed by atoms with E-state index < -0.39 is 17.5 Å². The molecule has 0 radical (unpaired) electrons. The predicted molar refractivity (Wildman–Crippen MR) is 106 cm³/mol. The van der Waals surface area contributed by atoms with E-state index >= 15 is 0 Å². The first-order valence-corrected chi connectivity index (χ1v) is 8.82. The van der Waals surface area contributed by atoms with Gasteiger partial charge in [0.25, 0.3) is 0 Å². The molecule has 0 aliphatic carbocycles. The van der Waals surface area contributed by atoms with Crippen molar-refractivity contribution in [2.45, 2.75) is 13.0 Å². The molecule has 3 N–H and O–H groups in total. The topological polar surface area (TPSA) is 121 Å². The first-order valence-electron chi connectivity index (χ1n) is 8.82. The number of carbonyl (C=O) groups is 2. The molecular weight excluding hydrogens is 376 g/mol. The van der Waals surface area contributed by atoms with Gasteiger partial charge in [0.15, 0.2) is 0 Å². The molecule has 0 fully saturated rings. The number of anilines is 1. The van der Waals surface area contributed by atoms with Crippen molar-refractivity contribution in [3.63, 3.8) is 0 Å². The van der Waals surface area contributed by atoms with Crippen molar-refractivity contribution >= 4 is 28.5 Å². The van der Waals surface area contributed by atoms with Gasteiger partial charge in [-0.2, -0.15) is 0 Å². The van der Waals surface area contributed by atoms with E-state index in [2.05, 4.69) is 10.1 Å². The molecule has 0 aliphatic rings. The minimum absolute atomic E-state index is 0.0786. The Morgan fingerprint density at radius 1 is 1.10 bits per heavy atom. The molecule has 0 atom stereocenters. The fraction of sp³-hybridized carbons (Fsp3) is 0.190. The molecule has 0 aliphatic heterocycles. The molecule has 3 aromatic rings. The minimum Gasteiger partial charge on any atom is -0.489 e. The molecule has 0 saturated heterocycles. The number of benzene rings is 2. The largest absolute Gasteiger partial charge is 0.489 e. The zero-order chi connectivity index (χ0) is 20.8. The Balaban J connectivity index is 1.75. The number of carbonyl (C=O) groups excluding carboxylic acids is 2. The molecule has 1 heterocycles. The van der Waals surface area contributed by atoms with Crippen LogP contribution in [0.3, 0.4) is 0 Å². The van der Waals surface area contributed by atoms with Gasteiger partial charge in [-0.15, -0.1) is 0 Å². The van der Waals surface area contributed by atoms with Gasteiger partial charge in [0.1, 0.15) is 24.5 Å². The number of nitrogen functional groups attached to an aromatic ring is 1. The number of methoxy groups -OCH3 is 1. The smallest absolute Gasteiger partial charge is 0.336 e. The van der Waals surface area contributed by atoms with Crippen LogP contribution >= 0.6 is 0 Å². The maximum absolute atomic E-state index is 12.1. The maximum atomic E-state index is 12.1. The number of nitrogens with one attached hydrogen (secondary N) is 1. The van der Waals surface area contributed by atoms with E-state index in [0.29, 0.717) is 34.6 Å². The van der Waals surface area contributed by atoms with Gasteiger partial charge in [-0.3, -0.25) is 9.59 Å². The number of nitrogens with two attached hydrogens (primary N) is 1. The monoisotopic (exact) mass is 396 g/mol. The molecule has 29 heavy (non-hydrogen) atoms. The summed E-state index contributed by atoms with van der Waals surface area (Å²) in [5.74, 6) is -0.450. The number of hydrogen-bond acceptors (Lipinski definition) is 7. The highest BCUT2D eigenvalue weighted by molar-refractivity contribution is 5.89. The van der Waals surface area contributed by atoms with Crippen LogP contribution in [0.1, 0.15) is 11.1 Å². The van der Waals surface area contributed by atoms with Crippen molar-refractivity contribution in [2.24, 2.45) is 0 Å². The summed E-state index contributed by atoms with van der Waals surface area (Å²) in [6, 6.07) is 13.6. The first kappa shape index (κ1) is 19.9. The lowest BCUT2D eigenvalue weighted by Crippen LogP contribution is -2.31. The summed E-state index contributed by atoms with van der Waals surface area (Å²) < 4.78 is 15.5. The second-order valence-electron chi connectivity index (χ2n) is 6.31. The number of fused-ring (bicyclic) bond motifs is 1. The normalized spacial score (nSPS) is 10.5. The van der Waals surface area contributed by atoms with Gasteiger partial charge in [0, 0.05) is 23.2 Å². The average Bonchev–Trinajstić information content (AvgIpc) is 2.71. The summed E-state index contributed by atoms with van der Waals surface area (Å²) in [5.41, 5.74) is 7.50. The van der Waals surface area contributed by atoms with Crippen LogP contribution in [0.25, 0.3) is 11.0 Å². The van der Waals surface area contributed by atoms with Crippen LogP contribution in [-0.4, -0.2) is 25.5 Å². The standard InChI is InChI=1S/C21H20N2O6/c1-27-21(26)11-23-19(24)8-14-9-20(25)29-18-10-16(6-7-17(14)18)28-12-13-2-4-15(22)5-3-13/h2-7,9-10H,8,11-12,22H2,1H3,(H,23,24). The van der Waals surface area contributed by atoms with Crippen LogP contribution in [0.4, 0.5) is 5.69 Å². The van der Waals surface area contributed by atoms with Gasteiger partial charge >= 0.3 is 11.6 Å². The molecular formula is C21H20N2O6. The van der Waals surface area contributed by atoms with Gasteiger partial charge in [0.05, 0.1) is 13.5 Å². The fourth-order valence-electron chi connectivity index (χ4n) is 2.71. The van der Waals surface area contributed by atoms with E-state index in [-0.39, 0.29) is 13.0 Å². The molecule has 8 nitrogen and oxygen atoms in total. The Labute approximate surface area is 166 Å². The molecule has 150 valence electrons. The van der Waals surface area contributed by atoms with Gasteiger partial charge in [-0.1, -0.05) is 12.1 Å². The van der Waals surface area contributed by atoms with E-state index in [1.165, 1.54) is 13.2 Å². The van der Waals surface area contributed by atoms with Gasteiger partial charge in [-0.25, -0.2) is 4.79 Å². The Kier molecular flexibility index (Phi) is 6.13. The van der Waals surface area contributed by atoms with E-state index in [1.807, 2.05) is 12.1 Å². The lowest BCUT2D eigenvalue weighted by molar-refractivity contribution is -0.141. The Bertz CT molecular complexity index is 1090. The van der Waals surface area contributed by atoms with Crippen molar-refractivity contribution in [3.05, 3.63) is 70.1 Å². The van der Waals surface area contributed by atoms with Gasteiger partial charge in [-0.05, 0) is 35.4 Å². The molecule has 1 aromatic heterocycles. The Morgan fingerprint density at radius 2 is 1.86 bits per heavy atom. The summed E-state index contributed by atoms with van der Waals surface area (Å²) in [4.78, 5) is 35.1. The van der Waals surface area contributed by atoms with Crippen molar-refractivity contribution in [1.29, 1.82) is 0 Å². The lowest BCUT2D eigenvalue weighted by Gasteiger charge is -2.09. The highest BCUT2D eigenvalue weighted by Crippen LogP contribution is 2.24. The summed E-state index contributed by atoms with van der Waals surface area (Å²) in [7, 11) is 1.23. The summed E-state index contributed by atoms with van der Waals surface area (Å²) >= 11 is 0. The molecule has 0 saturated carbocycles. The number of ether oxygens (including phenoxy) is 2. The van der Waals surface area contributed by atoms with Gasteiger partial charge in [0.2, 0.25) is 5.91 Å². The number of amides is 1. The summed E-state index contributed by atoms with van der Waals surface area (Å²) in [5, 5.41) is 3.05. The van der Waals surface area contributed by atoms with Crippen molar-refractivity contribution in [1.82, 2.24) is 5.32 Å². The maximum Gasteiger partial charge on any atom is 0.336 e. The second-order valence-corrected chi connectivity index (χ2v) is 6.31. The molecule has 3 rings (SSSR count). The van der Waals surface area contributed by atoms with E-state index in [9.17, 15) is 14.4 Å². The van der Waals surface area contributed by atoms with Crippen molar-refractivity contribution < 1.29 is 23.5 Å². The molecule has 0 spiro atoms. The van der Waals surface area contributed by atoms with Crippen LogP contribution in [0.5, 0.6) is 5.75 Å². The zero-order valence-corrected chi connectivity index (χ0v) is 15.8. The molecule has 8 heteroatoms. The van der Waals surface area contributed by atoms with Crippen LogP contribution in [0.2, 0.25) is 0 Å². The molecule has 0 bridgehead atoms. The van der Waals surface area contributed by atoms with Crippen LogP contribution < -0.4 is 21.4 Å². The van der Waals surface area contributed by atoms with Crippen LogP contribution in [0, 0.1) is 0 Å². The molecule has 0 unspecified atom stereocenters. The predicted octanol–water partition coefficient (Wildman–Crippen LogP) is 1.79. The second kappa shape index (κ2) is 8.92. The number of rotatable bonds is 7. The quantitative estimate of drug-likeness (QED) is 0.355. The summed E-state index contributed by atoms with van der Waals surface area (Å²) in [6.45, 7) is 0.0868. The van der Waals surface area contributed by atoms with Gasteiger partial charge < -0.3 is 24.9 Å². The van der Waals surface area contributed by atoms with Crippen LogP contribution in [0.15, 0.2) is 57.7 Å². The highest BCUT2D eigenvalue weighted by Gasteiger charge is 2.12. The van der Waals surface area contributed by atoms with E-state index in [1.54, 1.807) is 30.3 Å². The van der Waals surface area contributed by atoms with E-state index in [0.717, 1.165) is 5.56 Å². The third-order valence-electron chi connectivity index (χ3n) is 4.20. The summed E-state index contributed by atoms with van der Waals surface area (Å²) in [6.07, 6.45) is -0.0786. The third-order valence-corrected chi connectivity index (χ3v) is 4.20. The minimum atomic E-state index is -0.580. The molecule has 1 amide bonds. The zero-order valence-electron chi connectivity index (χ0n) is 15.8. The number of hydrogen-bond donors (Lipinski definition) is 2. The Hall–Kier alpha value is -3.81. The SMILES string of the molecule is COC(=O)CNC(=O)Cc1cc(=O)oc2cc(OCc3ccc(N)cc3)ccc12.